The fourth-order valence-corrected chi connectivity index (χ4v) is 4.55. The Morgan fingerprint density at radius 2 is 2.16 bits per heavy atom. The summed E-state index contributed by atoms with van der Waals surface area (Å²) < 4.78 is 7.94. The van der Waals surface area contributed by atoms with Crippen molar-refractivity contribution in [3.8, 4) is 0 Å². The molecule has 2 unspecified atom stereocenters. The average Bonchev–Trinajstić information content (AvgIpc) is 3.41. The second kappa shape index (κ2) is 8.96. The van der Waals surface area contributed by atoms with Gasteiger partial charge in [0.15, 0.2) is 5.65 Å². The molecule has 0 saturated carbocycles. The first kappa shape index (κ1) is 21.0. The molecular weight excluding hydrogens is 404 g/mol. The summed E-state index contributed by atoms with van der Waals surface area (Å²) in [6, 6.07) is 1.99. The molecule has 8 nitrogen and oxygen atoms in total. The van der Waals surface area contributed by atoms with Gasteiger partial charge in [0.25, 0.3) is 0 Å². The van der Waals surface area contributed by atoms with Gasteiger partial charge in [0, 0.05) is 36.6 Å². The number of aromatic nitrogens is 3. The maximum atomic E-state index is 10.3. The standard InChI is InChI=1S/C24H32N6O2/c1-15(2)19-13-28-30-23(27-12-18-9-16-5-3-4-6-21(16)32-18)10-22(29-24(19)30)26-11-17-7-8-25-14-20(17)31/h3-6,9-10,13,15-17,20-21,25,27,31H,7-8,11-12,14H2,1-2H3,(H,26,29)/t16?,17-,20+,21?/m1/s1. The summed E-state index contributed by atoms with van der Waals surface area (Å²) in [7, 11) is 0. The zero-order valence-electron chi connectivity index (χ0n) is 18.7. The van der Waals surface area contributed by atoms with Crippen LogP contribution in [0.4, 0.5) is 11.6 Å². The molecule has 3 aliphatic rings. The molecule has 0 aromatic carbocycles. The first-order valence-corrected chi connectivity index (χ1v) is 11.6. The molecule has 1 saturated heterocycles. The molecule has 0 amide bonds. The minimum atomic E-state index is -0.336. The number of fused-ring (bicyclic) bond motifs is 2. The van der Waals surface area contributed by atoms with Gasteiger partial charge < -0.3 is 25.8 Å². The van der Waals surface area contributed by atoms with Crippen molar-refractivity contribution < 1.29 is 9.84 Å². The summed E-state index contributed by atoms with van der Waals surface area (Å²) in [5.74, 6) is 3.41. The van der Waals surface area contributed by atoms with Gasteiger partial charge in [0.1, 0.15) is 23.5 Å². The molecule has 4 heterocycles. The van der Waals surface area contributed by atoms with Crippen molar-refractivity contribution in [3.05, 3.63) is 54.0 Å². The third-order valence-electron chi connectivity index (χ3n) is 6.49. The predicted molar refractivity (Wildman–Crippen MR) is 126 cm³/mol. The lowest BCUT2D eigenvalue weighted by Crippen LogP contribution is -2.43. The van der Waals surface area contributed by atoms with Crippen molar-refractivity contribution in [2.75, 3.05) is 36.8 Å². The van der Waals surface area contributed by atoms with Crippen LogP contribution in [0, 0.1) is 11.8 Å². The summed E-state index contributed by atoms with van der Waals surface area (Å²) in [6.45, 7) is 7.15. The first-order valence-electron chi connectivity index (χ1n) is 11.6. The maximum Gasteiger partial charge on any atom is 0.163 e. The summed E-state index contributed by atoms with van der Waals surface area (Å²) in [5, 5.41) is 25.1. The number of β-amino-alcohol motifs (C(OH)–C–C–N with tert-alkyl or cyclic N) is 1. The number of ether oxygens (including phenoxy) is 1. The number of aliphatic hydroxyl groups is 1. The molecule has 2 aromatic rings. The van der Waals surface area contributed by atoms with Gasteiger partial charge in [0.05, 0.1) is 18.8 Å². The summed E-state index contributed by atoms with van der Waals surface area (Å²) in [4.78, 5) is 4.85. The van der Waals surface area contributed by atoms with Gasteiger partial charge in [-0.2, -0.15) is 9.61 Å². The largest absolute Gasteiger partial charge is 0.488 e. The van der Waals surface area contributed by atoms with Gasteiger partial charge in [-0.15, -0.1) is 0 Å². The van der Waals surface area contributed by atoms with Gasteiger partial charge in [-0.25, -0.2) is 4.98 Å². The molecule has 1 aliphatic carbocycles. The summed E-state index contributed by atoms with van der Waals surface area (Å²) in [5.41, 5.74) is 1.95. The maximum absolute atomic E-state index is 10.3. The van der Waals surface area contributed by atoms with E-state index in [1.807, 2.05) is 22.9 Å². The fourth-order valence-electron chi connectivity index (χ4n) is 4.55. The number of nitrogens with one attached hydrogen (secondary N) is 3. The highest BCUT2D eigenvalue weighted by atomic mass is 16.5. The predicted octanol–water partition coefficient (Wildman–Crippen LogP) is 2.67. The van der Waals surface area contributed by atoms with Crippen molar-refractivity contribution in [1.82, 2.24) is 19.9 Å². The lowest BCUT2D eigenvalue weighted by Gasteiger charge is -2.28. The van der Waals surface area contributed by atoms with E-state index in [0.29, 0.717) is 31.5 Å². The molecule has 2 aromatic heterocycles. The third-order valence-corrected chi connectivity index (χ3v) is 6.49. The lowest BCUT2D eigenvalue weighted by molar-refractivity contribution is 0.0883. The SMILES string of the molecule is CC(C)c1cnn2c(NCC3=CC4C=CC=CC4O3)cc(NC[C@H]3CCNC[C@@H]3O)nc12. The Kier molecular flexibility index (Phi) is 5.89. The molecule has 1 fully saturated rings. The highest BCUT2D eigenvalue weighted by Crippen LogP contribution is 2.29. The Hall–Kier alpha value is -2.84. The summed E-state index contributed by atoms with van der Waals surface area (Å²) >= 11 is 0. The van der Waals surface area contributed by atoms with Crippen molar-refractivity contribution in [1.29, 1.82) is 0 Å². The molecule has 4 N–H and O–H groups in total. The minimum Gasteiger partial charge on any atom is -0.488 e. The van der Waals surface area contributed by atoms with Crippen LogP contribution in [0.1, 0.15) is 31.7 Å². The van der Waals surface area contributed by atoms with E-state index in [9.17, 15) is 5.11 Å². The Balaban J connectivity index is 1.36. The van der Waals surface area contributed by atoms with Gasteiger partial charge in [-0.05, 0) is 31.0 Å². The zero-order valence-corrected chi connectivity index (χ0v) is 18.7. The number of hydrogen-bond acceptors (Lipinski definition) is 7. The van der Waals surface area contributed by atoms with Gasteiger partial charge in [-0.3, -0.25) is 0 Å². The van der Waals surface area contributed by atoms with Gasteiger partial charge >= 0.3 is 0 Å². The van der Waals surface area contributed by atoms with Crippen LogP contribution in [0.15, 0.2) is 48.4 Å². The van der Waals surface area contributed by atoms with Crippen molar-refractivity contribution in [3.63, 3.8) is 0 Å². The molecule has 4 atom stereocenters. The van der Waals surface area contributed by atoms with E-state index in [2.05, 4.69) is 59.2 Å². The van der Waals surface area contributed by atoms with E-state index in [1.54, 1.807) is 0 Å². The molecule has 2 aliphatic heterocycles. The van der Waals surface area contributed by atoms with Crippen LogP contribution in [-0.2, 0) is 4.74 Å². The molecule has 5 rings (SSSR count). The van der Waals surface area contributed by atoms with Crippen LogP contribution in [-0.4, -0.2) is 58.1 Å². The van der Waals surface area contributed by atoms with Crippen LogP contribution < -0.4 is 16.0 Å². The van der Waals surface area contributed by atoms with Crippen molar-refractivity contribution >= 4 is 17.3 Å². The average molecular weight is 437 g/mol. The Bertz CT molecular complexity index is 1060. The number of hydrogen-bond donors (Lipinski definition) is 4. The van der Waals surface area contributed by atoms with Crippen LogP contribution in [0.2, 0.25) is 0 Å². The van der Waals surface area contributed by atoms with E-state index in [4.69, 9.17) is 9.72 Å². The monoisotopic (exact) mass is 436 g/mol. The van der Waals surface area contributed by atoms with E-state index >= 15 is 0 Å². The lowest BCUT2D eigenvalue weighted by atomic mass is 9.95. The number of nitrogens with zero attached hydrogens (tertiary/aromatic N) is 3. The quantitative estimate of drug-likeness (QED) is 0.530. The Morgan fingerprint density at radius 1 is 1.28 bits per heavy atom. The number of allylic oxidation sites excluding steroid dienone is 2. The zero-order chi connectivity index (χ0) is 22.1. The number of piperidine rings is 1. The molecule has 8 heteroatoms. The van der Waals surface area contributed by atoms with Crippen LogP contribution in [0.3, 0.4) is 0 Å². The Morgan fingerprint density at radius 3 is 2.97 bits per heavy atom. The minimum absolute atomic E-state index is 0.0974. The highest BCUT2D eigenvalue weighted by Gasteiger charge is 2.26. The fraction of sp³-hybridized carbons (Fsp3) is 0.500. The second-order valence-corrected chi connectivity index (χ2v) is 9.13. The topological polar surface area (TPSA) is 95.7 Å². The van der Waals surface area contributed by atoms with E-state index in [1.165, 1.54) is 0 Å². The molecular formula is C24H32N6O2. The van der Waals surface area contributed by atoms with Crippen molar-refractivity contribution in [2.45, 2.75) is 38.4 Å². The molecule has 0 bridgehead atoms. The number of rotatable bonds is 7. The normalized spacial score (nSPS) is 26.8. The molecule has 0 radical (unpaired) electrons. The van der Waals surface area contributed by atoms with E-state index < -0.39 is 0 Å². The van der Waals surface area contributed by atoms with E-state index in [0.717, 1.165) is 41.6 Å². The van der Waals surface area contributed by atoms with Crippen molar-refractivity contribution in [2.24, 2.45) is 11.8 Å². The highest BCUT2D eigenvalue weighted by molar-refractivity contribution is 5.61. The van der Waals surface area contributed by atoms with E-state index in [-0.39, 0.29) is 18.1 Å². The summed E-state index contributed by atoms with van der Waals surface area (Å²) in [6.07, 6.45) is 13.1. The Labute approximate surface area is 188 Å². The van der Waals surface area contributed by atoms with Gasteiger partial charge in [-0.1, -0.05) is 32.1 Å². The molecule has 170 valence electrons. The number of anilines is 2. The third kappa shape index (κ3) is 4.25. The van der Waals surface area contributed by atoms with Crippen LogP contribution >= 0.6 is 0 Å². The first-order chi connectivity index (χ1) is 15.6. The number of aliphatic hydroxyl groups excluding tert-OH is 1. The van der Waals surface area contributed by atoms with Crippen LogP contribution in [0.5, 0.6) is 0 Å². The van der Waals surface area contributed by atoms with Crippen LogP contribution in [0.25, 0.3) is 5.65 Å². The molecule has 0 spiro atoms. The van der Waals surface area contributed by atoms with Gasteiger partial charge in [0.2, 0.25) is 0 Å². The second-order valence-electron chi connectivity index (χ2n) is 9.13. The smallest absolute Gasteiger partial charge is 0.163 e. The molecule has 32 heavy (non-hydrogen) atoms.